The fourth-order valence-corrected chi connectivity index (χ4v) is 2.26. The van der Waals surface area contributed by atoms with Gasteiger partial charge in [-0.2, -0.15) is 0 Å². The molecule has 0 spiro atoms. The van der Waals surface area contributed by atoms with E-state index in [4.69, 9.17) is 10.6 Å². The third-order valence-corrected chi connectivity index (χ3v) is 3.22. The minimum atomic E-state index is -0.410. The van der Waals surface area contributed by atoms with E-state index < -0.39 is 11.9 Å². The van der Waals surface area contributed by atoms with Gasteiger partial charge in [0.25, 0.3) is 0 Å². The van der Waals surface area contributed by atoms with E-state index in [1.54, 1.807) is 13.3 Å². The molecular weight excluding hydrogens is 313 g/mol. The van der Waals surface area contributed by atoms with Crippen molar-refractivity contribution in [2.75, 3.05) is 7.11 Å². The van der Waals surface area contributed by atoms with Crippen LogP contribution in [0, 0.1) is 5.82 Å². The highest BCUT2D eigenvalue weighted by molar-refractivity contribution is 9.10. The number of rotatable bonds is 4. The molecule has 100 valence electrons. The van der Waals surface area contributed by atoms with Gasteiger partial charge in [0, 0.05) is 16.2 Å². The Kier molecular flexibility index (Phi) is 4.47. The number of hydrogen-bond acceptors (Lipinski definition) is 4. The second-order valence-corrected chi connectivity index (χ2v) is 4.84. The molecule has 0 fully saturated rings. The van der Waals surface area contributed by atoms with E-state index >= 15 is 0 Å². The number of ether oxygens (including phenoxy) is 1. The number of aromatic nitrogens is 1. The molecule has 1 atom stereocenters. The van der Waals surface area contributed by atoms with Crippen LogP contribution in [0.5, 0.6) is 5.75 Å². The van der Waals surface area contributed by atoms with Gasteiger partial charge in [0.1, 0.15) is 11.6 Å². The lowest BCUT2D eigenvalue weighted by molar-refractivity contribution is 0.404. The molecule has 1 aromatic carbocycles. The third kappa shape index (κ3) is 3.09. The van der Waals surface area contributed by atoms with Gasteiger partial charge in [-0.15, -0.1) is 0 Å². The van der Waals surface area contributed by atoms with Crippen molar-refractivity contribution in [3.05, 3.63) is 58.1 Å². The Morgan fingerprint density at radius 1 is 1.37 bits per heavy atom. The Balaban J connectivity index is 2.50. The SMILES string of the molecule is COc1ccc(Br)cc1C(NN)c1cncc(F)c1. The number of pyridine rings is 1. The Hall–Kier alpha value is -1.50. The average Bonchev–Trinajstić information content (AvgIpc) is 2.40. The molecule has 4 nitrogen and oxygen atoms in total. The number of nitrogens with two attached hydrogens (primary N) is 1. The van der Waals surface area contributed by atoms with Crippen LogP contribution >= 0.6 is 15.9 Å². The quantitative estimate of drug-likeness (QED) is 0.670. The fraction of sp³-hybridized carbons (Fsp3) is 0.154. The maximum atomic E-state index is 13.3. The standard InChI is InChI=1S/C13H13BrFN3O/c1-19-12-3-2-9(14)5-11(12)13(18-16)8-4-10(15)7-17-6-8/h2-7,13,18H,16H2,1H3. The van der Waals surface area contributed by atoms with Crippen molar-refractivity contribution in [3.8, 4) is 5.75 Å². The van der Waals surface area contributed by atoms with Crippen molar-refractivity contribution >= 4 is 15.9 Å². The molecule has 19 heavy (non-hydrogen) atoms. The summed E-state index contributed by atoms with van der Waals surface area (Å²) in [5, 5.41) is 0. The Labute approximate surface area is 118 Å². The first-order chi connectivity index (χ1) is 9.15. The van der Waals surface area contributed by atoms with E-state index in [1.165, 1.54) is 6.07 Å². The summed E-state index contributed by atoms with van der Waals surface area (Å²) >= 11 is 3.40. The fourth-order valence-electron chi connectivity index (χ4n) is 1.88. The largest absolute Gasteiger partial charge is 0.496 e. The lowest BCUT2D eigenvalue weighted by atomic mass is 10.00. The number of hydrazine groups is 1. The molecule has 1 heterocycles. The molecule has 1 aromatic heterocycles. The first-order valence-electron chi connectivity index (χ1n) is 5.55. The number of halogens is 2. The summed E-state index contributed by atoms with van der Waals surface area (Å²) in [7, 11) is 1.57. The third-order valence-electron chi connectivity index (χ3n) is 2.73. The zero-order valence-corrected chi connectivity index (χ0v) is 11.8. The van der Waals surface area contributed by atoms with Gasteiger partial charge in [-0.25, -0.2) is 9.82 Å². The number of methoxy groups -OCH3 is 1. The van der Waals surface area contributed by atoms with Crippen LogP contribution < -0.4 is 16.0 Å². The van der Waals surface area contributed by atoms with Crippen molar-refractivity contribution in [1.82, 2.24) is 10.4 Å². The minimum absolute atomic E-state index is 0.407. The molecule has 3 N–H and O–H groups in total. The van der Waals surface area contributed by atoms with E-state index in [-0.39, 0.29) is 0 Å². The van der Waals surface area contributed by atoms with Gasteiger partial charge in [-0.1, -0.05) is 15.9 Å². The van der Waals surface area contributed by atoms with Crippen LogP contribution in [0.2, 0.25) is 0 Å². The van der Waals surface area contributed by atoms with Gasteiger partial charge >= 0.3 is 0 Å². The molecule has 0 saturated carbocycles. The van der Waals surface area contributed by atoms with Crippen molar-refractivity contribution in [1.29, 1.82) is 0 Å². The summed E-state index contributed by atoms with van der Waals surface area (Å²) in [4.78, 5) is 3.83. The Morgan fingerprint density at radius 2 is 2.16 bits per heavy atom. The van der Waals surface area contributed by atoms with Crippen LogP contribution in [0.4, 0.5) is 4.39 Å². The van der Waals surface area contributed by atoms with Crippen LogP contribution in [0.1, 0.15) is 17.2 Å². The van der Waals surface area contributed by atoms with Crippen molar-refractivity contribution in [2.24, 2.45) is 5.84 Å². The normalized spacial score (nSPS) is 12.2. The Morgan fingerprint density at radius 3 is 2.79 bits per heavy atom. The number of nitrogens with zero attached hydrogens (tertiary/aromatic N) is 1. The highest BCUT2D eigenvalue weighted by atomic mass is 79.9. The van der Waals surface area contributed by atoms with Crippen molar-refractivity contribution in [3.63, 3.8) is 0 Å². The first kappa shape index (κ1) is 13.9. The number of benzene rings is 1. The summed E-state index contributed by atoms with van der Waals surface area (Å²) in [6.07, 6.45) is 2.71. The minimum Gasteiger partial charge on any atom is -0.496 e. The van der Waals surface area contributed by atoms with Crippen LogP contribution in [-0.4, -0.2) is 12.1 Å². The molecule has 2 rings (SSSR count). The summed E-state index contributed by atoms with van der Waals surface area (Å²) in [5.41, 5.74) is 4.08. The smallest absolute Gasteiger partial charge is 0.141 e. The maximum absolute atomic E-state index is 13.3. The molecular formula is C13H13BrFN3O. The van der Waals surface area contributed by atoms with Crippen LogP contribution in [0.25, 0.3) is 0 Å². The molecule has 0 radical (unpaired) electrons. The summed E-state index contributed by atoms with van der Waals surface area (Å²) in [6, 6.07) is 6.53. The lowest BCUT2D eigenvalue weighted by Crippen LogP contribution is -2.29. The molecule has 0 aliphatic heterocycles. The van der Waals surface area contributed by atoms with Crippen LogP contribution in [0.15, 0.2) is 41.1 Å². The van der Waals surface area contributed by atoms with Gasteiger partial charge in [0.2, 0.25) is 0 Å². The second-order valence-electron chi connectivity index (χ2n) is 3.92. The Bertz CT molecular complexity index is 580. The number of hydrogen-bond donors (Lipinski definition) is 2. The molecule has 0 saturated heterocycles. The molecule has 6 heteroatoms. The van der Waals surface area contributed by atoms with Gasteiger partial charge < -0.3 is 4.74 Å². The van der Waals surface area contributed by atoms with Gasteiger partial charge in [0.05, 0.1) is 19.3 Å². The van der Waals surface area contributed by atoms with Gasteiger partial charge in [0.15, 0.2) is 0 Å². The zero-order chi connectivity index (χ0) is 13.8. The van der Waals surface area contributed by atoms with E-state index in [9.17, 15) is 4.39 Å². The molecule has 0 aliphatic carbocycles. The highest BCUT2D eigenvalue weighted by Gasteiger charge is 2.18. The van der Waals surface area contributed by atoms with E-state index in [1.807, 2.05) is 18.2 Å². The summed E-state index contributed by atoms with van der Waals surface area (Å²) in [6.45, 7) is 0. The zero-order valence-electron chi connectivity index (χ0n) is 10.2. The predicted octanol–water partition coefficient (Wildman–Crippen LogP) is 2.54. The van der Waals surface area contributed by atoms with E-state index in [0.29, 0.717) is 11.3 Å². The summed E-state index contributed by atoms with van der Waals surface area (Å²) < 4.78 is 19.5. The average molecular weight is 326 g/mol. The topological polar surface area (TPSA) is 60.2 Å². The van der Waals surface area contributed by atoms with Crippen LogP contribution in [-0.2, 0) is 0 Å². The predicted molar refractivity (Wildman–Crippen MR) is 74.1 cm³/mol. The molecule has 0 amide bonds. The number of nitrogens with one attached hydrogen (secondary N) is 1. The van der Waals surface area contributed by atoms with Gasteiger partial charge in [-0.3, -0.25) is 10.8 Å². The first-order valence-corrected chi connectivity index (χ1v) is 6.35. The second kappa shape index (κ2) is 6.10. The van der Waals surface area contributed by atoms with E-state index in [0.717, 1.165) is 16.2 Å². The summed E-state index contributed by atoms with van der Waals surface area (Å²) in [5.74, 6) is 5.84. The monoisotopic (exact) mass is 325 g/mol. The van der Waals surface area contributed by atoms with Crippen LogP contribution in [0.3, 0.4) is 0 Å². The highest BCUT2D eigenvalue weighted by Crippen LogP contribution is 2.31. The maximum Gasteiger partial charge on any atom is 0.141 e. The molecule has 1 unspecified atom stereocenters. The molecule has 0 bridgehead atoms. The van der Waals surface area contributed by atoms with Crippen molar-refractivity contribution < 1.29 is 9.13 Å². The van der Waals surface area contributed by atoms with Crippen molar-refractivity contribution in [2.45, 2.75) is 6.04 Å². The molecule has 0 aliphatic rings. The molecule has 2 aromatic rings. The van der Waals surface area contributed by atoms with Gasteiger partial charge in [-0.05, 0) is 29.8 Å². The van der Waals surface area contributed by atoms with E-state index in [2.05, 4.69) is 26.3 Å². The lowest BCUT2D eigenvalue weighted by Gasteiger charge is -2.19.